The number of likely N-dealkylation sites (N-methyl/N-ethyl adjacent to an activating group) is 1. The second-order valence-electron chi connectivity index (χ2n) is 6.10. The lowest BCUT2D eigenvalue weighted by molar-refractivity contribution is 0.0880. The van der Waals surface area contributed by atoms with Crippen LogP contribution in [0.5, 0.6) is 5.75 Å². The monoisotopic (exact) mass is 462 g/mol. The number of amides is 1. The number of hydrogen-bond donors (Lipinski definition) is 2. The van der Waals surface area contributed by atoms with Crippen LogP contribution in [-0.2, 0) is 0 Å². The number of benzene rings is 1. The molecule has 0 radical (unpaired) electrons. The first kappa shape index (κ1) is 28.6. The Morgan fingerprint density at radius 3 is 2.37 bits per heavy atom. The molecule has 158 valence electrons. The van der Waals surface area contributed by atoms with E-state index in [-0.39, 0.29) is 49.2 Å². The maximum absolute atomic E-state index is 12.5. The predicted octanol–water partition coefficient (Wildman–Crippen LogP) is 2.95. The number of carbonyl (C=O) groups excluding carboxylic acids is 1. The molecule has 0 bridgehead atoms. The van der Waals surface area contributed by atoms with Gasteiger partial charge in [0.25, 0.3) is 5.91 Å². The van der Waals surface area contributed by atoms with Gasteiger partial charge in [-0.25, -0.2) is 0 Å². The van der Waals surface area contributed by atoms with Crippen molar-refractivity contribution in [3.05, 3.63) is 22.7 Å². The van der Waals surface area contributed by atoms with Crippen LogP contribution >= 0.6 is 48.8 Å². The molecule has 2 rings (SSSR count). The van der Waals surface area contributed by atoms with Crippen LogP contribution in [0.1, 0.15) is 24.2 Å². The molecule has 0 aromatic heterocycles. The van der Waals surface area contributed by atoms with Gasteiger partial charge in [-0.15, -0.1) is 37.2 Å². The smallest absolute Gasteiger partial charge is 0.255 e. The first-order valence-corrected chi connectivity index (χ1v) is 8.71. The van der Waals surface area contributed by atoms with Crippen LogP contribution in [0.15, 0.2) is 12.1 Å². The SMILES string of the molecule is CCN1CCN(C(C)CNC(=O)c2cc(Cl)c(N)cc2OC)CC1.Cl.Cl.Cl. The standard InChI is InChI=1S/C17H27ClN4O2.3ClH/c1-4-21-5-7-22(8-6-21)12(2)11-20-17(23)13-9-14(18)15(19)10-16(13)24-3;;;/h9-10,12H,4-8,11,19H2,1-3H3,(H,20,23);3*1H. The van der Waals surface area contributed by atoms with Crippen molar-refractivity contribution in [2.45, 2.75) is 19.9 Å². The van der Waals surface area contributed by atoms with Crippen LogP contribution in [0.3, 0.4) is 0 Å². The number of rotatable bonds is 6. The number of methoxy groups -OCH3 is 1. The zero-order valence-corrected chi connectivity index (χ0v) is 19.1. The molecule has 27 heavy (non-hydrogen) atoms. The van der Waals surface area contributed by atoms with E-state index >= 15 is 0 Å². The number of anilines is 1. The molecular formula is C17H30Cl4N4O2. The highest BCUT2D eigenvalue weighted by Gasteiger charge is 2.21. The maximum atomic E-state index is 12.5. The number of nitrogens with one attached hydrogen (secondary N) is 1. The van der Waals surface area contributed by atoms with E-state index in [4.69, 9.17) is 22.1 Å². The third kappa shape index (κ3) is 7.72. The van der Waals surface area contributed by atoms with Crippen molar-refractivity contribution in [3.8, 4) is 5.75 Å². The first-order chi connectivity index (χ1) is 11.5. The fourth-order valence-corrected chi connectivity index (χ4v) is 3.06. The Kier molecular flexibility index (Phi) is 14.3. The molecule has 1 saturated heterocycles. The molecule has 1 aliphatic heterocycles. The van der Waals surface area contributed by atoms with Crippen LogP contribution < -0.4 is 15.8 Å². The highest BCUT2D eigenvalue weighted by molar-refractivity contribution is 6.33. The van der Waals surface area contributed by atoms with Crippen molar-refractivity contribution in [2.24, 2.45) is 0 Å². The first-order valence-electron chi connectivity index (χ1n) is 8.33. The van der Waals surface area contributed by atoms with Gasteiger partial charge in [-0.2, -0.15) is 0 Å². The maximum Gasteiger partial charge on any atom is 0.255 e. The number of hydrogen-bond acceptors (Lipinski definition) is 5. The Balaban J connectivity index is 0. The van der Waals surface area contributed by atoms with Crippen molar-refractivity contribution >= 4 is 60.4 Å². The summed E-state index contributed by atoms with van der Waals surface area (Å²) in [6.07, 6.45) is 0. The molecule has 1 aliphatic rings. The third-order valence-corrected chi connectivity index (χ3v) is 4.93. The van der Waals surface area contributed by atoms with Gasteiger partial charge in [0.1, 0.15) is 5.75 Å². The molecule has 0 aliphatic carbocycles. The van der Waals surface area contributed by atoms with E-state index in [2.05, 4.69) is 29.0 Å². The second kappa shape index (κ2) is 13.5. The molecule has 6 nitrogen and oxygen atoms in total. The number of piperazine rings is 1. The second-order valence-corrected chi connectivity index (χ2v) is 6.51. The Morgan fingerprint density at radius 2 is 1.85 bits per heavy atom. The molecule has 10 heteroatoms. The normalized spacial score (nSPS) is 15.6. The van der Waals surface area contributed by atoms with Gasteiger partial charge in [0, 0.05) is 44.8 Å². The molecule has 0 spiro atoms. The summed E-state index contributed by atoms with van der Waals surface area (Å²) in [6.45, 7) is 10.2. The van der Waals surface area contributed by atoms with E-state index in [0.29, 0.717) is 28.6 Å². The highest BCUT2D eigenvalue weighted by Crippen LogP contribution is 2.28. The summed E-state index contributed by atoms with van der Waals surface area (Å²) in [4.78, 5) is 17.3. The van der Waals surface area contributed by atoms with Gasteiger partial charge in [0.2, 0.25) is 0 Å². The highest BCUT2D eigenvalue weighted by atomic mass is 35.5. The van der Waals surface area contributed by atoms with E-state index < -0.39 is 0 Å². The van der Waals surface area contributed by atoms with Gasteiger partial charge in [0.15, 0.2) is 0 Å². The van der Waals surface area contributed by atoms with Crippen LogP contribution in [0.2, 0.25) is 5.02 Å². The number of ether oxygens (including phenoxy) is 1. The van der Waals surface area contributed by atoms with E-state index in [0.717, 1.165) is 32.7 Å². The molecule has 1 aromatic rings. The number of nitrogens with zero attached hydrogens (tertiary/aromatic N) is 2. The average Bonchev–Trinajstić information content (AvgIpc) is 2.61. The molecule has 0 saturated carbocycles. The van der Waals surface area contributed by atoms with E-state index in [9.17, 15) is 4.79 Å². The Bertz CT molecular complexity index is 584. The quantitative estimate of drug-likeness (QED) is 0.634. The predicted molar refractivity (Wildman–Crippen MR) is 120 cm³/mol. The van der Waals surface area contributed by atoms with Crippen molar-refractivity contribution in [1.82, 2.24) is 15.1 Å². The van der Waals surface area contributed by atoms with Crippen LogP contribution in [0.4, 0.5) is 5.69 Å². The lowest BCUT2D eigenvalue weighted by Crippen LogP contribution is -2.52. The molecule has 1 amide bonds. The fourth-order valence-electron chi connectivity index (χ4n) is 2.90. The number of halogens is 4. The largest absolute Gasteiger partial charge is 0.496 e. The van der Waals surface area contributed by atoms with Crippen LogP contribution in [0.25, 0.3) is 0 Å². The van der Waals surface area contributed by atoms with Gasteiger partial charge in [0.05, 0.1) is 23.4 Å². The minimum absolute atomic E-state index is 0. The topological polar surface area (TPSA) is 70.8 Å². The molecule has 1 fully saturated rings. The van der Waals surface area contributed by atoms with Crippen molar-refractivity contribution < 1.29 is 9.53 Å². The summed E-state index contributed by atoms with van der Waals surface area (Å²) < 4.78 is 5.23. The summed E-state index contributed by atoms with van der Waals surface area (Å²) in [5.41, 5.74) is 6.55. The molecule has 1 heterocycles. The number of carbonyl (C=O) groups is 1. The summed E-state index contributed by atoms with van der Waals surface area (Å²) in [5.74, 6) is 0.228. The van der Waals surface area contributed by atoms with Crippen molar-refractivity contribution in [1.29, 1.82) is 0 Å². The molecule has 1 atom stereocenters. The lowest BCUT2D eigenvalue weighted by atomic mass is 10.1. The van der Waals surface area contributed by atoms with Crippen LogP contribution in [0, 0.1) is 0 Å². The van der Waals surface area contributed by atoms with Crippen LogP contribution in [-0.4, -0.2) is 68.1 Å². The average molecular weight is 464 g/mol. The van der Waals surface area contributed by atoms with Gasteiger partial charge in [-0.3, -0.25) is 9.69 Å². The minimum Gasteiger partial charge on any atom is -0.496 e. The Hall–Kier alpha value is -0.630. The molecule has 1 aromatic carbocycles. The Morgan fingerprint density at radius 1 is 1.26 bits per heavy atom. The van der Waals surface area contributed by atoms with Gasteiger partial charge in [-0.05, 0) is 19.5 Å². The molecule has 3 N–H and O–H groups in total. The molecule has 1 unspecified atom stereocenters. The van der Waals surface area contributed by atoms with Gasteiger partial charge in [-0.1, -0.05) is 18.5 Å². The number of nitrogen functional groups attached to an aromatic ring is 1. The van der Waals surface area contributed by atoms with E-state index in [1.807, 2.05) is 0 Å². The minimum atomic E-state index is -0.201. The molecular weight excluding hydrogens is 434 g/mol. The van der Waals surface area contributed by atoms with E-state index in [1.165, 1.54) is 7.11 Å². The summed E-state index contributed by atoms with van der Waals surface area (Å²) in [5, 5.41) is 3.32. The van der Waals surface area contributed by atoms with Gasteiger partial charge < -0.3 is 20.7 Å². The summed E-state index contributed by atoms with van der Waals surface area (Å²) >= 11 is 6.03. The Labute approximate surface area is 185 Å². The zero-order chi connectivity index (χ0) is 17.7. The summed E-state index contributed by atoms with van der Waals surface area (Å²) in [7, 11) is 1.51. The van der Waals surface area contributed by atoms with Crippen molar-refractivity contribution in [2.75, 3.05) is 52.1 Å². The zero-order valence-electron chi connectivity index (χ0n) is 15.9. The fraction of sp³-hybridized carbons (Fsp3) is 0.588. The van der Waals surface area contributed by atoms with Crippen molar-refractivity contribution in [3.63, 3.8) is 0 Å². The summed E-state index contributed by atoms with van der Waals surface area (Å²) in [6, 6.07) is 3.41. The van der Waals surface area contributed by atoms with Gasteiger partial charge >= 0.3 is 0 Å². The van der Waals surface area contributed by atoms with E-state index in [1.54, 1.807) is 12.1 Å². The lowest BCUT2D eigenvalue weighted by Gasteiger charge is -2.37. The number of nitrogens with two attached hydrogens (primary N) is 1. The third-order valence-electron chi connectivity index (χ3n) is 4.60.